The summed E-state index contributed by atoms with van der Waals surface area (Å²) in [6, 6.07) is 15.3. The molecule has 0 saturated heterocycles. The summed E-state index contributed by atoms with van der Waals surface area (Å²) in [4.78, 5) is 34.9. The number of nitrogens with zero attached hydrogens (tertiary/aromatic N) is 3. The molecule has 6 nitrogen and oxygen atoms in total. The molecular weight excluding hydrogens is 517 g/mol. The molecule has 0 spiro atoms. The highest BCUT2D eigenvalue weighted by atomic mass is 35.5. The number of ether oxygens (including phenoxy) is 1. The second-order valence-corrected chi connectivity index (χ2v) is 11.2. The monoisotopic (exact) mass is 545 g/mol. The molecule has 0 aliphatic carbocycles. The van der Waals surface area contributed by atoms with Crippen LogP contribution >= 0.6 is 35.0 Å². The van der Waals surface area contributed by atoms with E-state index in [9.17, 15) is 9.59 Å². The fourth-order valence-corrected chi connectivity index (χ4v) is 6.36. The topological polar surface area (TPSA) is 62.2 Å². The lowest BCUT2D eigenvalue weighted by atomic mass is 9.81. The number of amidine groups is 1. The SMILES string of the molecule is CCOC(=O)CN(C)C(=O)C1=C(C(C)C)N2C(=N[C@@](C)(c3ccc(Cl)cc3)[C@H]2c2ccc(Cl)cc2)S1. The number of carbonyl (C=O) groups excluding carboxylic acids is 2. The van der Waals surface area contributed by atoms with Crippen molar-refractivity contribution in [2.45, 2.75) is 39.3 Å². The second kappa shape index (κ2) is 10.5. The summed E-state index contributed by atoms with van der Waals surface area (Å²) < 4.78 is 5.03. The molecule has 2 atom stereocenters. The second-order valence-electron chi connectivity index (χ2n) is 9.31. The van der Waals surface area contributed by atoms with E-state index in [0.717, 1.165) is 22.0 Å². The van der Waals surface area contributed by atoms with Crippen LogP contribution in [0.1, 0.15) is 44.9 Å². The van der Waals surface area contributed by atoms with Gasteiger partial charge in [0.05, 0.1) is 12.6 Å². The molecule has 0 N–H and O–H groups in total. The van der Waals surface area contributed by atoms with Crippen molar-refractivity contribution in [3.8, 4) is 0 Å². The lowest BCUT2D eigenvalue weighted by molar-refractivity contribution is -0.147. The first-order valence-electron chi connectivity index (χ1n) is 11.8. The molecule has 0 saturated carbocycles. The Hall–Kier alpha value is -2.48. The fourth-order valence-electron chi connectivity index (χ4n) is 4.71. The molecule has 2 aliphatic rings. The van der Waals surface area contributed by atoms with Crippen molar-refractivity contribution in [1.29, 1.82) is 0 Å². The molecule has 0 bridgehead atoms. The summed E-state index contributed by atoms with van der Waals surface area (Å²) >= 11 is 13.8. The number of halogens is 2. The molecule has 1 amide bonds. The Kier molecular flexibility index (Phi) is 7.74. The number of amides is 1. The van der Waals surface area contributed by atoms with Crippen molar-refractivity contribution in [3.05, 3.63) is 80.3 Å². The minimum atomic E-state index is -0.633. The van der Waals surface area contributed by atoms with Gasteiger partial charge in [-0.3, -0.25) is 9.59 Å². The van der Waals surface area contributed by atoms with Gasteiger partial charge in [0.25, 0.3) is 5.91 Å². The Labute approximate surface area is 226 Å². The number of rotatable bonds is 7. The van der Waals surface area contributed by atoms with Crippen molar-refractivity contribution >= 4 is 52.0 Å². The van der Waals surface area contributed by atoms with Crippen LogP contribution in [0.4, 0.5) is 0 Å². The molecule has 36 heavy (non-hydrogen) atoms. The maximum atomic E-state index is 13.5. The zero-order valence-corrected chi connectivity index (χ0v) is 23.2. The number of likely N-dealkylation sites (N-methyl/N-ethyl adjacent to an activating group) is 1. The standard InChI is InChI=1S/C27H29Cl2N3O3S/c1-6-35-21(33)15-31(5)25(34)23-22(16(2)3)32-24(17-7-11-19(28)12-8-17)27(4,30-26(32)36-23)18-9-13-20(29)14-10-18/h7-14,16,24H,6,15H2,1-5H3/t24-,27+/m1/s1. The van der Waals surface area contributed by atoms with Crippen LogP contribution in [0.15, 0.2) is 64.1 Å². The van der Waals surface area contributed by atoms with Crippen LogP contribution in [0.25, 0.3) is 0 Å². The van der Waals surface area contributed by atoms with Gasteiger partial charge < -0.3 is 14.5 Å². The molecule has 9 heteroatoms. The summed E-state index contributed by atoms with van der Waals surface area (Å²) in [5.74, 6) is -0.630. The number of thioether (sulfide) groups is 1. The van der Waals surface area contributed by atoms with Crippen molar-refractivity contribution in [3.63, 3.8) is 0 Å². The summed E-state index contributed by atoms with van der Waals surface area (Å²) in [7, 11) is 1.62. The van der Waals surface area contributed by atoms with Crippen molar-refractivity contribution < 1.29 is 14.3 Å². The first kappa shape index (κ1) is 26.6. The van der Waals surface area contributed by atoms with Crippen LogP contribution in [0.5, 0.6) is 0 Å². The largest absolute Gasteiger partial charge is 0.465 e. The number of carbonyl (C=O) groups is 2. The average molecular weight is 547 g/mol. The molecule has 2 aliphatic heterocycles. The molecule has 0 unspecified atom stereocenters. The van der Waals surface area contributed by atoms with Crippen LogP contribution in [0.3, 0.4) is 0 Å². The number of hydrogen-bond donors (Lipinski definition) is 0. The number of aliphatic imine (C=N–C) groups is 1. The van der Waals surface area contributed by atoms with Gasteiger partial charge in [0.2, 0.25) is 0 Å². The first-order valence-corrected chi connectivity index (χ1v) is 13.4. The van der Waals surface area contributed by atoms with Gasteiger partial charge in [-0.2, -0.15) is 0 Å². The molecule has 2 aromatic carbocycles. The normalized spacial score (nSPS) is 21.1. The van der Waals surface area contributed by atoms with Gasteiger partial charge in [0, 0.05) is 22.8 Å². The Balaban J connectivity index is 1.80. The van der Waals surface area contributed by atoms with E-state index in [1.54, 1.807) is 14.0 Å². The molecule has 2 aromatic rings. The van der Waals surface area contributed by atoms with Crippen LogP contribution in [-0.4, -0.2) is 47.0 Å². The Morgan fingerprint density at radius 3 is 2.25 bits per heavy atom. The highest BCUT2D eigenvalue weighted by Gasteiger charge is 2.53. The Morgan fingerprint density at radius 1 is 1.11 bits per heavy atom. The zero-order valence-electron chi connectivity index (χ0n) is 20.9. The van der Waals surface area contributed by atoms with Gasteiger partial charge in [-0.25, -0.2) is 4.99 Å². The third kappa shape index (κ3) is 4.89. The maximum absolute atomic E-state index is 13.5. The van der Waals surface area contributed by atoms with Gasteiger partial charge in [-0.1, -0.05) is 61.3 Å². The fraction of sp³-hybridized carbons (Fsp3) is 0.370. The highest BCUT2D eigenvalue weighted by Crippen LogP contribution is 2.56. The predicted octanol–water partition coefficient (Wildman–Crippen LogP) is 6.26. The Morgan fingerprint density at radius 2 is 1.69 bits per heavy atom. The summed E-state index contributed by atoms with van der Waals surface area (Å²) in [5, 5.41) is 2.06. The number of fused-ring (bicyclic) bond motifs is 1. The molecule has 0 fully saturated rings. The third-order valence-electron chi connectivity index (χ3n) is 6.38. The van der Waals surface area contributed by atoms with Gasteiger partial charge >= 0.3 is 5.97 Å². The van der Waals surface area contributed by atoms with Gasteiger partial charge in [-0.15, -0.1) is 0 Å². The van der Waals surface area contributed by atoms with E-state index in [1.807, 2.05) is 48.5 Å². The number of benzene rings is 2. The smallest absolute Gasteiger partial charge is 0.325 e. The molecule has 0 radical (unpaired) electrons. The summed E-state index contributed by atoms with van der Waals surface area (Å²) in [6.07, 6.45) is 0. The van der Waals surface area contributed by atoms with Crippen LogP contribution in [-0.2, 0) is 19.9 Å². The maximum Gasteiger partial charge on any atom is 0.325 e. The molecular formula is C27H29Cl2N3O3S. The van der Waals surface area contributed by atoms with Gasteiger partial charge in [0.1, 0.15) is 17.0 Å². The van der Waals surface area contributed by atoms with Gasteiger partial charge in [-0.05, 0) is 66.9 Å². The lowest BCUT2D eigenvalue weighted by Gasteiger charge is -2.37. The summed E-state index contributed by atoms with van der Waals surface area (Å²) in [6.45, 7) is 8.13. The van der Waals surface area contributed by atoms with E-state index in [4.69, 9.17) is 32.9 Å². The quantitative estimate of drug-likeness (QED) is 0.384. The number of hydrogen-bond acceptors (Lipinski definition) is 6. The summed E-state index contributed by atoms with van der Waals surface area (Å²) in [5.41, 5.74) is 2.30. The van der Waals surface area contributed by atoms with Crippen LogP contribution < -0.4 is 0 Å². The van der Waals surface area contributed by atoms with E-state index in [2.05, 4.69) is 25.7 Å². The van der Waals surface area contributed by atoms with E-state index >= 15 is 0 Å². The number of allylic oxidation sites excluding steroid dienone is 1. The van der Waals surface area contributed by atoms with Crippen LogP contribution in [0.2, 0.25) is 10.0 Å². The zero-order chi connectivity index (χ0) is 26.2. The molecule has 0 aromatic heterocycles. The van der Waals surface area contributed by atoms with E-state index < -0.39 is 11.5 Å². The van der Waals surface area contributed by atoms with Crippen molar-refractivity contribution in [2.75, 3.05) is 20.2 Å². The van der Waals surface area contributed by atoms with Crippen LogP contribution in [0, 0.1) is 5.92 Å². The average Bonchev–Trinajstić information content (AvgIpc) is 3.32. The third-order valence-corrected chi connectivity index (χ3v) is 7.95. The van der Waals surface area contributed by atoms with Crippen molar-refractivity contribution in [1.82, 2.24) is 9.80 Å². The van der Waals surface area contributed by atoms with E-state index in [0.29, 0.717) is 15.0 Å². The highest BCUT2D eigenvalue weighted by molar-refractivity contribution is 8.18. The minimum Gasteiger partial charge on any atom is -0.465 e. The van der Waals surface area contributed by atoms with E-state index in [1.165, 1.54) is 16.7 Å². The number of esters is 1. The predicted molar refractivity (Wildman–Crippen MR) is 146 cm³/mol. The van der Waals surface area contributed by atoms with E-state index in [-0.39, 0.29) is 31.0 Å². The molecule has 2 heterocycles. The Bertz CT molecular complexity index is 1230. The lowest BCUT2D eigenvalue weighted by Crippen LogP contribution is -2.37. The van der Waals surface area contributed by atoms with Gasteiger partial charge in [0.15, 0.2) is 5.17 Å². The van der Waals surface area contributed by atoms with Crippen molar-refractivity contribution in [2.24, 2.45) is 10.9 Å². The molecule has 190 valence electrons. The molecule has 4 rings (SSSR count). The first-order chi connectivity index (χ1) is 17.1. The minimum absolute atomic E-state index is 0.0301.